The van der Waals surface area contributed by atoms with Crippen LogP contribution in [0.15, 0.2) is 78.1 Å². The van der Waals surface area contributed by atoms with Crippen molar-refractivity contribution in [3.63, 3.8) is 0 Å². The average molecular weight is 434 g/mol. The lowest BCUT2D eigenvalue weighted by Crippen LogP contribution is -2.38. The molecule has 0 bridgehead atoms. The smallest absolute Gasteiger partial charge is 0.252 e. The van der Waals surface area contributed by atoms with Crippen molar-refractivity contribution >= 4 is 17.3 Å². The molecule has 1 atom stereocenters. The lowest BCUT2D eigenvalue weighted by Gasteiger charge is -2.26. The van der Waals surface area contributed by atoms with Crippen molar-refractivity contribution in [2.45, 2.75) is 45.8 Å². The first-order valence-corrected chi connectivity index (χ1v) is 11.5. The van der Waals surface area contributed by atoms with Crippen molar-refractivity contribution in [1.29, 1.82) is 0 Å². The molecule has 170 valence electrons. The molecule has 2 aromatic rings. The molecule has 1 aliphatic heterocycles. The van der Waals surface area contributed by atoms with E-state index in [1.165, 1.54) is 18.5 Å². The number of hydrogen-bond acceptors (Lipinski definition) is 5. The van der Waals surface area contributed by atoms with Gasteiger partial charge in [0.1, 0.15) is 6.17 Å². The first-order chi connectivity index (χ1) is 15.6. The number of nitrogens with two attached hydrogens (primary N) is 1. The summed E-state index contributed by atoms with van der Waals surface area (Å²) in [4.78, 5) is 14.3. The topological polar surface area (TPSA) is 82.4 Å². The first-order valence-electron chi connectivity index (χ1n) is 11.5. The SMILES string of the molecule is CCCCN(CCC)c1ccc(NC2C=C(NCc3ccccc3)C(C(N)=O)=CN2)cc1. The standard InChI is InChI=1S/C26H35N5O/c1-3-5-16-31(15-4-2)22-13-11-21(12-14-22)30-25-17-24(23(19-29-25)26(27)32)28-18-20-9-7-6-8-10-20/h6-14,17,19,25,28-30H,3-5,15-16,18H2,1-2H3,(H2,27,32). The maximum Gasteiger partial charge on any atom is 0.252 e. The highest BCUT2D eigenvalue weighted by Crippen LogP contribution is 2.21. The summed E-state index contributed by atoms with van der Waals surface area (Å²) in [5, 5.41) is 10.0. The lowest BCUT2D eigenvalue weighted by atomic mass is 10.1. The number of hydrogen-bond donors (Lipinski definition) is 4. The molecule has 6 nitrogen and oxygen atoms in total. The van der Waals surface area contributed by atoms with Gasteiger partial charge in [-0.1, -0.05) is 50.6 Å². The summed E-state index contributed by atoms with van der Waals surface area (Å²) >= 11 is 0. The number of primary amides is 1. The molecule has 0 saturated heterocycles. The van der Waals surface area contributed by atoms with Gasteiger partial charge in [0.25, 0.3) is 5.91 Å². The average Bonchev–Trinajstić information content (AvgIpc) is 2.81. The third-order valence-electron chi connectivity index (χ3n) is 5.45. The van der Waals surface area contributed by atoms with Crippen LogP contribution in [0.4, 0.5) is 11.4 Å². The highest BCUT2D eigenvalue weighted by Gasteiger charge is 2.19. The maximum absolute atomic E-state index is 11.9. The van der Waals surface area contributed by atoms with Crippen LogP contribution in [0.2, 0.25) is 0 Å². The van der Waals surface area contributed by atoms with E-state index < -0.39 is 5.91 Å². The molecule has 1 heterocycles. The van der Waals surface area contributed by atoms with Gasteiger partial charge in [-0.15, -0.1) is 0 Å². The molecule has 2 aromatic carbocycles. The second kappa shape index (κ2) is 11.8. The van der Waals surface area contributed by atoms with Crippen LogP contribution >= 0.6 is 0 Å². The van der Waals surface area contributed by atoms with E-state index in [-0.39, 0.29) is 6.17 Å². The molecule has 0 spiro atoms. The lowest BCUT2D eigenvalue weighted by molar-refractivity contribution is -0.114. The van der Waals surface area contributed by atoms with Gasteiger partial charge in [0.2, 0.25) is 0 Å². The van der Waals surface area contributed by atoms with E-state index in [0.29, 0.717) is 12.1 Å². The molecule has 0 aliphatic carbocycles. The van der Waals surface area contributed by atoms with Gasteiger partial charge < -0.3 is 26.6 Å². The van der Waals surface area contributed by atoms with Gasteiger partial charge in [0.05, 0.1) is 5.57 Å². The van der Waals surface area contributed by atoms with Gasteiger partial charge in [-0.05, 0) is 48.7 Å². The Bertz CT molecular complexity index is 921. The van der Waals surface area contributed by atoms with Crippen LogP contribution in [0.25, 0.3) is 0 Å². The predicted molar refractivity (Wildman–Crippen MR) is 133 cm³/mol. The van der Waals surface area contributed by atoms with Gasteiger partial charge in [0.15, 0.2) is 0 Å². The molecule has 3 rings (SSSR count). The second-order valence-electron chi connectivity index (χ2n) is 8.02. The Kier molecular flexibility index (Phi) is 8.61. The molecule has 0 saturated carbocycles. The summed E-state index contributed by atoms with van der Waals surface area (Å²) in [6, 6.07) is 18.6. The van der Waals surface area contributed by atoms with Crippen LogP contribution < -0.4 is 26.6 Å². The predicted octanol–water partition coefficient (Wildman–Crippen LogP) is 4.09. The van der Waals surface area contributed by atoms with Crippen molar-refractivity contribution in [2.75, 3.05) is 23.3 Å². The number of benzene rings is 2. The van der Waals surface area contributed by atoms with Gasteiger partial charge >= 0.3 is 0 Å². The zero-order valence-electron chi connectivity index (χ0n) is 19.1. The van der Waals surface area contributed by atoms with Crippen LogP contribution in [0.5, 0.6) is 0 Å². The number of dihydropyridines is 1. The summed E-state index contributed by atoms with van der Waals surface area (Å²) in [6.45, 7) is 7.21. The number of anilines is 2. The van der Waals surface area contributed by atoms with E-state index in [0.717, 1.165) is 36.5 Å². The fraction of sp³-hybridized carbons (Fsp3) is 0.346. The van der Waals surface area contributed by atoms with Crippen LogP contribution in [0.1, 0.15) is 38.7 Å². The minimum absolute atomic E-state index is 0.158. The zero-order valence-corrected chi connectivity index (χ0v) is 19.1. The third kappa shape index (κ3) is 6.54. The van der Waals surface area contributed by atoms with Crippen LogP contribution in [0.3, 0.4) is 0 Å². The molecular weight excluding hydrogens is 398 g/mol. The van der Waals surface area contributed by atoms with Gasteiger partial charge in [-0.25, -0.2) is 0 Å². The number of unbranched alkanes of at least 4 members (excludes halogenated alkanes) is 1. The Balaban J connectivity index is 1.66. The van der Waals surface area contributed by atoms with Crippen molar-refractivity contribution in [3.05, 3.63) is 83.7 Å². The van der Waals surface area contributed by atoms with Crippen molar-refractivity contribution < 1.29 is 4.79 Å². The second-order valence-corrected chi connectivity index (χ2v) is 8.02. The molecule has 1 unspecified atom stereocenters. The molecule has 6 heteroatoms. The minimum atomic E-state index is -0.463. The summed E-state index contributed by atoms with van der Waals surface area (Å²) in [7, 11) is 0. The molecule has 0 radical (unpaired) electrons. The van der Waals surface area contributed by atoms with E-state index in [1.54, 1.807) is 6.20 Å². The summed E-state index contributed by atoms with van der Waals surface area (Å²) < 4.78 is 0. The van der Waals surface area contributed by atoms with E-state index >= 15 is 0 Å². The van der Waals surface area contributed by atoms with Gasteiger partial charge in [-0.2, -0.15) is 0 Å². The van der Waals surface area contributed by atoms with E-state index in [9.17, 15) is 4.79 Å². The monoisotopic (exact) mass is 433 g/mol. The van der Waals surface area contributed by atoms with Gasteiger partial charge in [0, 0.05) is 42.9 Å². The van der Waals surface area contributed by atoms with E-state index in [4.69, 9.17) is 5.73 Å². The minimum Gasteiger partial charge on any atom is -0.380 e. The fourth-order valence-corrected chi connectivity index (χ4v) is 3.73. The Labute approximate surface area is 191 Å². The number of rotatable bonds is 12. The Morgan fingerprint density at radius 1 is 1.03 bits per heavy atom. The normalized spacial score (nSPS) is 15.2. The number of carbonyl (C=O) groups excluding carboxylic acids is 1. The molecule has 1 aliphatic rings. The fourth-order valence-electron chi connectivity index (χ4n) is 3.73. The zero-order chi connectivity index (χ0) is 22.8. The van der Waals surface area contributed by atoms with E-state index in [2.05, 4.69) is 59.0 Å². The van der Waals surface area contributed by atoms with Gasteiger partial charge in [-0.3, -0.25) is 4.79 Å². The highest BCUT2D eigenvalue weighted by molar-refractivity contribution is 5.96. The molecule has 1 amide bonds. The number of nitrogens with zero attached hydrogens (tertiary/aromatic N) is 1. The highest BCUT2D eigenvalue weighted by atomic mass is 16.1. The van der Waals surface area contributed by atoms with Crippen molar-refractivity contribution in [3.8, 4) is 0 Å². The number of amides is 1. The number of nitrogens with one attached hydrogen (secondary N) is 3. The van der Waals surface area contributed by atoms with E-state index in [1.807, 2.05) is 36.4 Å². The van der Waals surface area contributed by atoms with Crippen LogP contribution in [-0.2, 0) is 11.3 Å². The Morgan fingerprint density at radius 3 is 2.44 bits per heavy atom. The quantitative estimate of drug-likeness (QED) is 0.405. The summed E-state index contributed by atoms with van der Waals surface area (Å²) in [6.07, 6.45) is 7.00. The third-order valence-corrected chi connectivity index (χ3v) is 5.45. The van der Waals surface area contributed by atoms with Crippen LogP contribution in [0, 0.1) is 0 Å². The van der Waals surface area contributed by atoms with Crippen LogP contribution in [-0.4, -0.2) is 25.2 Å². The van der Waals surface area contributed by atoms with Crippen molar-refractivity contribution in [2.24, 2.45) is 5.73 Å². The number of carbonyl (C=O) groups is 1. The van der Waals surface area contributed by atoms with Crippen molar-refractivity contribution in [1.82, 2.24) is 10.6 Å². The summed E-state index contributed by atoms with van der Waals surface area (Å²) in [5.41, 5.74) is 10.1. The molecule has 5 N–H and O–H groups in total. The Hall–Kier alpha value is -3.41. The molecule has 32 heavy (non-hydrogen) atoms. The summed E-state index contributed by atoms with van der Waals surface area (Å²) in [5.74, 6) is -0.463. The largest absolute Gasteiger partial charge is 0.380 e. The molecule has 0 fully saturated rings. The maximum atomic E-state index is 11.9. The Morgan fingerprint density at radius 2 is 1.78 bits per heavy atom. The molecule has 0 aromatic heterocycles. The first kappa shape index (κ1) is 23.3. The molecular formula is C26H35N5O.